The van der Waals surface area contributed by atoms with E-state index in [4.69, 9.17) is 4.74 Å². The Bertz CT molecular complexity index is 706. The topological polar surface area (TPSA) is 21.3 Å². The molecule has 0 aliphatic heterocycles. The van der Waals surface area contributed by atoms with E-state index in [1.807, 2.05) is 65.9 Å². The summed E-state index contributed by atoms with van der Waals surface area (Å²) in [6.07, 6.45) is 0. The number of benzene rings is 2. The molecule has 0 saturated carbocycles. The molecule has 1 heterocycles. The monoisotopic (exact) mass is 295 g/mol. The van der Waals surface area contributed by atoms with Gasteiger partial charge in [0.1, 0.15) is 5.75 Å². The fraction of sp³-hybridized carbons (Fsp3) is 0.111. The summed E-state index contributed by atoms with van der Waals surface area (Å²) in [5, 5.41) is 3.45. The number of ether oxygens (including phenoxy) is 1. The molecule has 0 spiro atoms. The average Bonchev–Trinajstić information content (AvgIpc) is 2.93. The van der Waals surface area contributed by atoms with Crippen molar-refractivity contribution in [2.45, 2.75) is 13.5 Å². The van der Waals surface area contributed by atoms with Crippen LogP contribution in [0.1, 0.15) is 9.75 Å². The van der Waals surface area contributed by atoms with E-state index in [9.17, 15) is 0 Å². The second-order valence-corrected chi connectivity index (χ2v) is 6.15. The number of para-hydroxylation sites is 3. The molecule has 1 aromatic heterocycles. The molecule has 0 atom stereocenters. The van der Waals surface area contributed by atoms with Crippen molar-refractivity contribution in [2.24, 2.45) is 0 Å². The Morgan fingerprint density at radius 2 is 1.67 bits per heavy atom. The minimum atomic E-state index is 0.813. The molecule has 0 aliphatic rings. The van der Waals surface area contributed by atoms with E-state index in [-0.39, 0.29) is 0 Å². The van der Waals surface area contributed by atoms with E-state index in [1.54, 1.807) is 0 Å². The molecule has 0 bridgehead atoms. The summed E-state index contributed by atoms with van der Waals surface area (Å²) in [5.41, 5.74) is 1.01. The molecule has 3 heteroatoms. The summed E-state index contributed by atoms with van der Waals surface area (Å²) in [6.45, 7) is 2.94. The standard InChI is InChI=1S/C18H17NOS/c1-14-11-12-16(21-14)13-19-17-9-5-6-10-18(17)20-15-7-3-2-4-8-15/h2-12,19H,13H2,1H3. The Labute approximate surface area is 129 Å². The zero-order valence-electron chi connectivity index (χ0n) is 11.9. The van der Waals surface area contributed by atoms with Crippen molar-refractivity contribution >= 4 is 17.0 Å². The molecule has 2 aromatic carbocycles. The highest BCUT2D eigenvalue weighted by atomic mass is 32.1. The highest BCUT2D eigenvalue weighted by Crippen LogP contribution is 2.29. The lowest BCUT2D eigenvalue weighted by atomic mass is 10.2. The third kappa shape index (κ3) is 3.64. The Morgan fingerprint density at radius 1 is 0.905 bits per heavy atom. The van der Waals surface area contributed by atoms with Gasteiger partial charge < -0.3 is 10.1 Å². The van der Waals surface area contributed by atoms with Gasteiger partial charge in [0.2, 0.25) is 0 Å². The fourth-order valence-corrected chi connectivity index (χ4v) is 2.91. The molecule has 2 nitrogen and oxygen atoms in total. The lowest BCUT2D eigenvalue weighted by molar-refractivity contribution is 0.484. The summed E-state index contributed by atoms with van der Waals surface area (Å²) in [6, 6.07) is 22.2. The molecule has 0 amide bonds. The molecular formula is C18H17NOS. The first-order valence-corrected chi connectivity index (χ1v) is 7.74. The van der Waals surface area contributed by atoms with Crippen molar-refractivity contribution in [3.63, 3.8) is 0 Å². The van der Waals surface area contributed by atoms with Gasteiger partial charge in [-0.05, 0) is 43.3 Å². The van der Waals surface area contributed by atoms with Crippen molar-refractivity contribution < 1.29 is 4.74 Å². The average molecular weight is 295 g/mol. The maximum atomic E-state index is 5.94. The van der Waals surface area contributed by atoms with Crippen LogP contribution in [0.15, 0.2) is 66.7 Å². The van der Waals surface area contributed by atoms with Crippen LogP contribution in [0.5, 0.6) is 11.5 Å². The van der Waals surface area contributed by atoms with Gasteiger partial charge in [-0.2, -0.15) is 0 Å². The van der Waals surface area contributed by atoms with Crippen molar-refractivity contribution in [3.8, 4) is 11.5 Å². The Balaban J connectivity index is 1.73. The minimum absolute atomic E-state index is 0.813. The predicted octanol–water partition coefficient (Wildman–Crippen LogP) is 5.46. The van der Waals surface area contributed by atoms with Crippen LogP contribution in [-0.4, -0.2) is 0 Å². The van der Waals surface area contributed by atoms with E-state index in [0.29, 0.717) is 0 Å². The van der Waals surface area contributed by atoms with Gasteiger partial charge in [0.25, 0.3) is 0 Å². The molecule has 0 aliphatic carbocycles. The van der Waals surface area contributed by atoms with Crippen molar-refractivity contribution in [1.82, 2.24) is 0 Å². The number of thiophene rings is 1. The van der Waals surface area contributed by atoms with Crippen LogP contribution in [0.25, 0.3) is 0 Å². The first-order valence-electron chi connectivity index (χ1n) is 6.92. The van der Waals surface area contributed by atoms with Gasteiger partial charge in [0.15, 0.2) is 5.75 Å². The summed E-state index contributed by atoms with van der Waals surface area (Å²) in [5.74, 6) is 1.69. The van der Waals surface area contributed by atoms with Crippen LogP contribution >= 0.6 is 11.3 Å². The number of nitrogens with one attached hydrogen (secondary N) is 1. The first-order chi connectivity index (χ1) is 10.3. The smallest absolute Gasteiger partial charge is 0.150 e. The second-order valence-electron chi connectivity index (χ2n) is 4.78. The summed E-state index contributed by atoms with van der Waals surface area (Å²) in [7, 11) is 0. The zero-order valence-corrected chi connectivity index (χ0v) is 12.7. The van der Waals surface area contributed by atoms with Crippen molar-refractivity contribution in [1.29, 1.82) is 0 Å². The van der Waals surface area contributed by atoms with E-state index in [0.717, 1.165) is 23.7 Å². The lowest BCUT2D eigenvalue weighted by Gasteiger charge is -2.12. The Morgan fingerprint density at radius 3 is 2.43 bits per heavy atom. The summed E-state index contributed by atoms with van der Waals surface area (Å²) < 4.78 is 5.94. The zero-order chi connectivity index (χ0) is 14.5. The van der Waals surface area contributed by atoms with Gasteiger partial charge in [-0.1, -0.05) is 30.3 Å². The lowest BCUT2D eigenvalue weighted by Crippen LogP contribution is -1.99. The Hall–Kier alpha value is -2.26. The number of hydrogen-bond acceptors (Lipinski definition) is 3. The van der Waals surface area contributed by atoms with Gasteiger partial charge >= 0.3 is 0 Å². The number of hydrogen-bond donors (Lipinski definition) is 1. The van der Waals surface area contributed by atoms with Crippen LogP contribution in [0.4, 0.5) is 5.69 Å². The molecule has 0 saturated heterocycles. The number of aryl methyl sites for hydroxylation is 1. The van der Waals surface area contributed by atoms with E-state index < -0.39 is 0 Å². The summed E-state index contributed by atoms with van der Waals surface area (Å²) >= 11 is 1.81. The third-order valence-corrected chi connectivity index (χ3v) is 4.11. The number of rotatable bonds is 5. The van der Waals surface area contributed by atoms with Crippen LogP contribution in [0.2, 0.25) is 0 Å². The fourth-order valence-electron chi connectivity index (χ4n) is 2.08. The van der Waals surface area contributed by atoms with Gasteiger partial charge in [0.05, 0.1) is 5.69 Å². The SMILES string of the molecule is Cc1ccc(CNc2ccccc2Oc2ccccc2)s1. The van der Waals surface area contributed by atoms with Crippen LogP contribution in [-0.2, 0) is 6.54 Å². The second kappa shape index (κ2) is 6.46. The minimum Gasteiger partial charge on any atom is -0.455 e. The molecule has 106 valence electrons. The highest BCUT2D eigenvalue weighted by Gasteiger charge is 2.04. The van der Waals surface area contributed by atoms with Crippen molar-refractivity contribution in [2.75, 3.05) is 5.32 Å². The maximum absolute atomic E-state index is 5.94. The third-order valence-electron chi connectivity index (χ3n) is 3.11. The van der Waals surface area contributed by atoms with Gasteiger partial charge in [0, 0.05) is 16.3 Å². The molecule has 21 heavy (non-hydrogen) atoms. The van der Waals surface area contributed by atoms with E-state index >= 15 is 0 Å². The van der Waals surface area contributed by atoms with E-state index in [1.165, 1.54) is 9.75 Å². The normalized spacial score (nSPS) is 10.3. The Kier molecular flexibility index (Phi) is 4.22. The van der Waals surface area contributed by atoms with Gasteiger partial charge in [-0.15, -0.1) is 11.3 Å². The quantitative estimate of drug-likeness (QED) is 0.674. The van der Waals surface area contributed by atoms with Crippen molar-refractivity contribution in [3.05, 3.63) is 76.5 Å². The predicted molar refractivity (Wildman–Crippen MR) is 89.3 cm³/mol. The highest BCUT2D eigenvalue weighted by molar-refractivity contribution is 7.11. The molecular weight excluding hydrogens is 278 g/mol. The van der Waals surface area contributed by atoms with Crippen LogP contribution < -0.4 is 10.1 Å². The van der Waals surface area contributed by atoms with Gasteiger partial charge in [-0.3, -0.25) is 0 Å². The largest absolute Gasteiger partial charge is 0.455 e. The molecule has 0 unspecified atom stereocenters. The molecule has 0 fully saturated rings. The molecule has 3 rings (SSSR count). The molecule has 0 radical (unpaired) electrons. The maximum Gasteiger partial charge on any atom is 0.150 e. The first kappa shape index (κ1) is 13.7. The van der Waals surface area contributed by atoms with Gasteiger partial charge in [-0.25, -0.2) is 0 Å². The summed E-state index contributed by atoms with van der Waals surface area (Å²) in [4.78, 5) is 2.66. The van der Waals surface area contributed by atoms with Crippen LogP contribution in [0, 0.1) is 6.92 Å². The molecule has 3 aromatic rings. The van der Waals surface area contributed by atoms with Crippen LogP contribution in [0.3, 0.4) is 0 Å². The van der Waals surface area contributed by atoms with E-state index in [2.05, 4.69) is 24.4 Å². The number of anilines is 1. The molecule has 1 N–H and O–H groups in total.